The highest BCUT2D eigenvalue weighted by Crippen LogP contribution is 2.35. The summed E-state index contributed by atoms with van der Waals surface area (Å²) in [6, 6.07) is 8.33. The predicted molar refractivity (Wildman–Crippen MR) is 93.8 cm³/mol. The lowest BCUT2D eigenvalue weighted by Crippen LogP contribution is -2.53. The first-order chi connectivity index (χ1) is 11.5. The summed E-state index contributed by atoms with van der Waals surface area (Å²) in [5.74, 6) is -0.584. The molecule has 2 N–H and O–H groups in total. The van der Waals surface area contributed by atoms with Gasteiger partial charge in [-0.15, -0.1) is 24.4 Å². The van der Waals surface area contributed by atoms with Gasteiger partial charge in [0.15, 0.2) is 0 Å². The van der Waals surface area contributed by atoms with E-state index in [1.165, 1.54) is 11.8 Å². The molecule has 1 aliphatic heterocycles. The van der Waals surface area contributed by atoms with Gasteiger partial charge in [-0.05, 0) is 11.7 Å². The van der Waals surface area contributed by atoms with Crippen LogP contribution in [0.1, 0.15) is 18.0 Å². The normalized spacial score (nSPS) is 23.8. The molecule has 0 bridgehead atoms. The fourth-order valence-corrected chi connectivity index (χ4v) is 4.26. The van der Waals surface area contributed by atoms with Gasteiger partial charge in [0.05, 0.1) is 23.1 Å². The minimum atomic E-state index is -1.15. The van der Waals surface area contributed by atoms with Crippen molar-refractivity contribution in [3.05, 3.63) is 46.4 Å². The first-order valence-electron chi connectivity index (χ1n) is 7.44. The SMILES string of the molecule is CC1CS[C@H](c2[nH]c(=O)c(-c3ccccc3)nc2S)NC1C(=O)[O-]. The number of benzene rings is 1. The third-order valence-corrected chi connectivity index (χ3v) is 5.68. The van der Waals surface area contributed by atoms with Crippen LogP contribution in [0.5, 0.6) is 0 Å². The summed E-state index contributed by atoms with van der Waals surface area (Å²) < 4.78 is 0. The number of nitrogens with zero attached hydrogens (tertiary/aromatic N) is 1. The van der Waals surface area contributed by atoms with E-state index in [0.717, 1.165) is 0 Å². The highest BCUT2D eigenvalue weighted by atomic mass is 32.2. The molecule has 0 aliphatic carbocycles. The minimum Gasteiger partial charge on any atom is -0.548 e. The Labute approximate surface area is 148 Å². The largest absolute Gasteiger partial charge is 0.548 e. The molecular weight excluding hydrogens is 346 g/mol. The van der Waals surface area contributed by atoms with Crippen LogP contribution in [0.15, 0.2) is 40.2 Å². The molecule has 0 amide bonds. The zero-order chi connectivity index (χ0) is 17.3. The Morgan fingerprint density at radius 3 is 2.75 bits per heavy atom. The van der Waals surface area contributed by atoms with E-state index in [4.69, 9.17) is 0 Å². The van der Waals surface area contributed by atoms with Crippen LogP contribution in [0, 0.1) is 5.92 Å². The van der Waals surface area contributed by atoms with Crippen LogP contribution < -0.4 is 16.0 Å². The van der Waals surface area contributed by atoms with Crippen LogP contribution in [-0.4, -0.2) is 27.7 Å². The predicted octanol–water partition coefficient (Wildman–Crippen LogP) is 0.815. The third kappa shape index (κ3) is 3.35. The molecule has 24 heavy (non-hydrogen) atoms. The van der Waals surface area contributed by atoms with Crippen molar-refractivity contribution in [3.8, 4) is 11.3 Å². The Hall–Kier alpha value is -1.77. The van der Waals surface area contributed by atoms with E-state index in [1.807, 2.05) is 25.1 Å². The summed E-state index contributed by atoms with van der Waals surface area (Å²) in [5.41, 5.74) is 1.13. The second-order valence-corrected chi connectivity index (χ2v) is 7.23. The summed E-state index contributed by atoms with van der Waals surface area (Å²) in [6.45, 7) is 1.85. The summed E-state index contributed by atoms with van der Waals surface area (Å²) >= 11 is 5.89. The molecule has 2 unspecified atom stereocenters. The van der Waals surface area contributed by atoms with Gasteiger partial charge in [-0.3, -0.25) is 10.1 Å². The number of aromatic amines is 1. The van der Waals surface area contributed by atoms with Gasteiger partial charge in [0.25, 0.3) is 5.56 Å². The highest BCUT2D eigenvalue weighted by Gasteiger charge is 2.31. The van der Waals surface area contributed by atoms with Gasteiger partial charge in [0.2, 0.25) is 0 Å². The fourth-order valence-electron chi connectivity index (χ4n) is 2.62. The molecule has 1 fully saturated rings. The Balaban J connectivity index is 1.94. The van der Waals surface area contributed by atoms with E-state index in [-0.39, 0.29) is 17.2 Å². The molecule has 1 aliphatic rings. The Morgan fingerprint density at radius 2 is 2.08 bits per heavy atom. The monoisotopic (exact) mass is 362 g/mol. The summed E-state index contributed by atoms with van der Waals surface area (Å²) in [4.78, 5) is 30.7. The van der Waals surface area contributed by atoms with Crippen molar-refractivity contribution in [2.24, 2.45) is 5.92 Å². The first-order valence-corrected chi connectivity index (χ1v) is 8.94. The van der Waals surface area contributed by atoms with Crippen LogP contribution in [0.4, 0.5) is 0 Å². The van der Waals surface area contributed by atoms with Crippen molar-refractivity contribution in [3.63, 3.8) is 0 Å². The van der Waals surface area contributed by atoms with E-state index in [1.54, 1.807) is 12.1 Å². The average molecular weight is 362 g/mol. The van der Waals surface area contributed by atoms with Gasteiger partial charge >= 0.3 is 0 Å². The maximum atomic E-state index is 12.4. The first kappa shape index (κ1) is 17.1. The van der Waals surface area contributed by atoms with Gasteiger partial charge in [-0.25, -0.2) is 4.98 Å². The lowest BCUT2D eigenvalue weighted by molar-refractivity contribution is -0.309. The number of carboxylic acids is 1. The van der Waals surface area contributed by atoms with E-state index in [2.05, 4.69) is 27.9 Å². The molecule has 0 radical (unpaired) electrons. The van der Waals surface area contributed by atoms with Gasteiger partial charge in [-0.1, -0.05) is 37.3 Å². The van der Waals surface area contributed by atoms with Gasteiger partial charge < -0.3 is 14.9 Å². The van der Waals surface area contributed by atoms with E-state index < -0.39 is 17.4 Å². The van der Waals surface area contributed by atoms with Crippen molar-refractivity contribution in [1.82, 2.24) is 15.3 Å². The molecule has 6 nitrogen and oxygen atoms in total. The quantitative estimate of drug-likeness (QED) is 0.699. The standard InChI is InChI=1S/C16H17N3O3S2/c1-8-7-24-15(19-10(8)16(21)22)12-14(23)18-11(13(20)17-12)9-5-3-2-4-6-9/h2-6,8,10,15,19H,7H2,1H3,(H,17,20)(H,18,23)(H,21,22)/p-1/t8?,10?,15-/m1/s1. The average Bonchev–Trinajstić information content (AvgIpc) is 2.57. The smallest absolute Gasteiger partial charge is 0.274 e. The second-order valence-electron chi connectivity index (χ2n) is 5.67. The van der Waals surface area contributed by atoms with Crippen LogP contribution in [-0.2, 0) is 4.79 Å². The minimum absolute atomic E-state index is 0.0668. The molecule has 8 heteroatoms. The van der Waals surface area contributed by atoms with Crippen LogP contribution >= 0.6 is 24.4 Å². The number of aliphatic carboxylic acids is 1. The van der Waals surface area contributed by atoms with Crippen LogP contribution in [0.2, 0.25) is 0 Å². The molecule has 0 spiro atoms. The number of hydrogen-bond acceptors (Lipinski definition) is 7. The van der Waals surface area contributed by atoms with E-state index in [0.29, 0.717) is 22.0 Å². The highest BCUT2D eigenvalue weighted by molar-refractivity contribution is 7.99. The Morgan fingerprint density at radius 1 is 1.38 bits per heavy atom. The van der Waals surface area contributed by atoms with Crippen LogP contribution in [0.25, 0.3) is 11.3 Å². The number of aromatic nitrogens is 2. The van der Waals surface area contributed by atoms with Gasteiger partial charge in [0.1, 0.15) is 10.7 Å². The van der Waals surface area contributed by atoms with Gasteiger partial charge in [0, 0.05) is 5.56 Å². The van der Waals surface area contributed by atoms with Crippen molar-refractivity contribution >= 4 is 30.4 Å². The summed E-state index contributed by atoms with van der Waals surface area (Å²) in [5, 5.41) is 14.2. The van der Waals surface area contributed by atoms with Gasteiger partial charge in [-0.2, -0.15) is 0 Å². The number of thioether (sulfide) groups is 1. The summed E-state index contributed by atoms with van der Waals surface area (Å²) in [7, 11) is 0. The van der Waals surface area contributed by atoms with Crippen LogP contribution in [0.3, 0.4) is 0 Å². The fraction of sp³-hybridized carbons (Fsp3) is 0.312. The molecule has 3 atom stereocenters. The topological polar surface area (TPSA) is 97.9 Å². The maximum Gasteiger partial charge on any atom is 0.274 e. The molecule has 1 aromatic heterocycles. The van der Waals surface area contributed by atoms with Crippen molar-refractivity contribution < 1.29 is 9.90 Å². The Kier molecular flexibility index (Phi) is 4.98. The Bertz CT molecular complexity index is 810. The molecular formula is C16H16N3O3S2-. The number of carbonyl (C=O) groups is 1. The lowest BCUT2D eigenvalue weighted by atomic mass is 10.0. The molecule has 0 saturated carbocycles. The molecule has 1 saturated heterocycles. The van der Waals surface area contributed by atoms with E-state index >= 15 is 0 Å². The number of carboxylic acid groups (broad SMARTS) is 1. The molecule has 126 valence electrons. The molecule has 1 aromatic carbocycles. The van der Waals surface area contributed by atoms with Crippen molar-refractivity contribution in [2.45, 2.75) is 23.4 Å². The molecule has 2 aromatic rings. The zero-order valence-corrected chi connectivity index (χ0v) is 14.6. The maximum absolute atomic E-state index is 12.4. The molecule has 3 rings (SSSR count). The number of thiol groups is 1. The third-order valence-electron chi connectivity index (χ3n) is 3.91. The lowest BCUT2D eigenvalue weighted by Gasteiger charge is -2.36. The second kappa shape index (κ2) is 7.00. The number of carbonyl (C=O) groups excluding carboxylic acids is 1. The molecule has 2 heterocycles. The number of rotatable bonds is 3. The number of nitrogens with one attached hydrogen (secondary N) is 2. The van der Waals surface area contributed by atoms with Crippen molar-refractivity contribution in [1.29, 1.82) is 0 Å². The number of hydrogen-bond donors (Lipinski definition) is 3. The summed E-state index contributed by atoms with van der Waals surface area (Å²) in [6.07, 6.45) is 0. The van der Waals surface area contributed by atoms with Crippen molar-refractivity contribution in [2.75, 3.05) is 5.75 Å². The zero-order valence-electron chi connectivity index (χ0n) is 12.9. The van der Waals surface area contributed by atoms with E-state index in [9.17, 15) is 14.7 Å². The number of H-pyrrole nitrogens is 1.